The van der Waals surface area contributed by atoms with Gasteiger partial charge in [0.2, 0.25) is 0 Å². The van der Waals surface area contributed by atoms with Crippen LogP contribution in [0.15, 0.2) is 24.4 Å². The van der Waals surface area contributed by atoms with Crippen LogP contribution in [-0.4, -0.2) is 9.78 Å². The van der Waals surface area contributed by atoms with Gasteiger partial charge in [0, 0.05) is 11.9 Å². The molecule has 0 saturated heterocycles. The molecule has 0 radical (unpaired) electrons. The van der Waals surface area contributed by atoms with Crippen molar-refractivity contribution >= 4 is 28.9 Å². The number of halogens is 3. The first-order valence-corrected chi connectivity index (χ1v) is 7.81. The zero-order valence-corrected chi connectivity index (χ0v) is 13.0. The van der Waals surface area contributed by atoms with E-state index in [1.54, 1.807) is 0 Å². The molecule has 0 spiro atoms. The number of nitrogens with one attached hydrogen (secondary N) is 1. The number of rotatable bonds is 4. The summed E-state index contributed by atoms with van der Waals surface area (Å²) in [7, 11) is 0. The lowest BCUT2D eigenvalue weighted by atomic mass is 10.3. The molecule has 2 aromatic rings. The summed E-state index contributed by atoms with van der Waals surface area (Å²) in [4.78, 5) is 0. The number of anilines is 1. The van der Waals surface area contributed by atoms with Crippen molar-refractivity contribution in [3.63, 3.8) is 0 Å². The van der Waals surface area contributed by atoms with E-state index in [0.717, 1.165) is 5.69 Å². The van der Waals surface area contributed by atoms with E-state index >= 15 is 0 Å². The minimum atomic E-state index is -0.589. The van der Waals surface area contributed by atoms with E-state index in [4.69, 9.17) is 23.2 Å². The Morgan fingerprint density at radius 1 is 1.24 bits per heavy atom. The molecule has 1 saturated carbocycles. The van der Waals surface area contributed by atoms with Crippen molar-refractivity contribution < 1.29 is 4.39 Å². The van der Waals surface area contributed by atoms with Gasteiger partial charge in [-0.3, -0.25) is 4.68 Å². The highest BCUT2D eigenvalue weighted by Crippen LogP contribution is 2.29. The second-order valence-electron chi connectivity index (χ2n) is 5.33. The lowest BCUT2D eigenvalue weighted by molar-refractivity contribution is 0.463. The van der Waals surface area contributed by atoms with Crippen molar-refractivity contribution in [2.75, 3.05) is 5.32 Å². The molecule has 21 heavy (non-hydrogen) atoms. The van der Waals surface area contributed by atoms with Gasteiger partial charge in [-0.25, -0.2) is 4.39 Å². The first-order valence-electron chi connectivity index (χ1n) is 7.06. The average Bonchev–Trinajstić information content (AvgIpc) is 3.12. The first kappa shape index (κ1) is 14.7. The molecule has 0 unspecified atom stereocenters. The minimum absolute atomic E-state index is 0.0153. The van der Waals surface area contributed by atoms with Gasteiger partial charge >= 0.3 is 0 Å². The fraction of sp³-hybridized carbons (Fsp3) is 0.400. The summed E-state index contributed by atoms with van der Waals surface area (Å²) in [6.07, 6.45) is 7.00. The maximum Gasteiger partial charge on any atom is 0.160 e. The van der Waals surface area contributed by atoms with Crippen LogP contribution in [-0.2, 0) is 6.54 Å². The third-order valence-electron chi connectivity index (χ3n) is 3.82. The first-order chi connectivity index (χ1) is 10.1. The van der Waals surface area contributed by atoms with Crippen LogP contribution in [0.5, 0.6) is 0 Å². The summed E-state index contributed by atoms with van der Waals surface area (Å²) in [5, 5.41) is 7.78. The van der Waals surface area contributed by atoms with Crippen LogP contribution in [0.3, 0.4) is 0 Å². The van der Waals surface area contributed by atoms with Gasteiger partial charge in [-0.2, -0.15) is 5.10 Å². The van der Waals surface area contributed by atoms with E-state index in [9.17, 15) is 4.39 Å². The predicted octanol–water partition coefficient (Wildman–Crippen LogP) is 5.06. The van der Waals surface area contributed by atoms with Crippen molar-refractivity contribution in [2.45, 2.75) is 38.3 Å². The predicted molar refractivity (Wildman–Crippen MR) is 83.5 cm³/mol. The monoisotopic (exact) mass is 327 g/mol. The highest BCUT2D eigenvalue weighted by atomic mass is 35.5. The molecular formula is C15H16Cl2FN3. The highest BCUT2D eigenvalue weighted by Gasteiger charge is 2.17. The molecule has 1 aliphatic rings. The SMILES string of the molecule is Fc1c(Cl)cc(NCc2ccn(C3CCCC3)n2)cc1Cl. The fourth-order valence-corrected chi connectivity index (χ4v) is 3.18. The molecule has 0 bridgehead atoms. The third-order valence-corrected chi connectivity index (χ3v) is 4.37. The van der Waals surface area contributed by atoms with E-state index in [1.165, 1.54) is 37.8 Å². The molecule has 1 N–H and O–H groups in total. The van der Waals surface area contributed by atoms with Gasteiger partial charge in [0.15, 0.2) is 5.82 Å². The molecule has 1 aromatic carbocycles. The third kappa shape index (κ3) is 3.33. The van der Waals surface area contributed by atoms with Crippen LogP contribution < -0.4 is 5.32 Å². The largest absolute Gasteiger partial charge is 0.379 e. The Morgan fingerprint density at radius 2 is 1.90 bits per heavy atom. The molecule has 3 rings (SSSR count). The van der Waals surface area contributed by atoms with Crippen LogP contribution in [0.25, 0.3) is 0 Å². The van der Waals surface area contributed by atoms with Gasteiger partial charge < -0.3 is 5.32 Å². The molecule has 0 aliphatic heterocycles. The molecule has 1 heterocycles. The Bertz CT molecular complexity index is 613. The van der Waals surface area contributed by atoms with Crippen LogP contribution >= 0.6 is 23.2 Å². The summed E-state index contributed by atoms with van der Waals surface area (Å²) < 4.78 is 15.4. The molecule has 112 valence electrons. The zero-order valence-electron chi connectivity index (χ0n) is 11.5. The van der Waals surface area contributed by atoms with E-state index in [1.807, 2.05) is 12.3 Å². The lowest BCUT2D eigenvalue weighted by Crippen LogP contribution is -2.07. The topological polar surface area (TPSA) is 29.9 Å². The van der Waals surface area contributed by atoms with Crippen LogP contribution in [0.4, 0.5) is 10.1 Å². The maximum atomic E-state index is 13.3. The van der Waals surface area contributed by atoms with Crippen molar-refractivity contribution in [1.29, 1.82) is 0 Å². The number of aromatic nitrogens is 2. The van der Waals surface area contributed by atoms with Crippen LogP contribution in [0, 0.1) is 5.82 Å². The van der Waals surface area contributed by atoms with Crippen molar-refractivity contribution in [3.8, 4) is 0 Å². The van der Waals surface area contributed by atoms with E-state index < -0.39 is 5.82 Å². The molecular weight excluding hydrogens is 312 g/mol. The fourth-order valence-electron chi connectivity index (χ4n) is 2.69. The van der Waals surface area contributed by atoms with E-state index in [-0.39, 0.29) is 10.0 Å². The summed E-state index contributed by atoms with van der Waals surface area (Å²) in [5.74, 6) is -0.589. The Morgan fingerprint density at radius 3 is 2.57 bits per heavy atom. The molecule has 1 aliphatic carbocycles. The number of benzene rings is 1. The van der Waals surface area contributed by atoms with Gasteiger partial charge in [0.05, 0.1) is 28.3 Å². The average molecular weight is 328 g/mol. The molecule has 1 aromatic heterocycles. The van der Waals surface area contributed by atoms with E-state index in [0.29, 0.717) is 18.3 Å². The molecule has 0 atom stereocenters. The Hall–Kier alpha value is -1.26. The van der Waals surface area contributed by atoms with Crippen LogP contribution in [0.2, 0.25) is 10.0 Å². The molecule has 6 heteroatoms. The number of hydrogen-bond acceptors (Lipinski definition) is 2. The maximum absolute atomic E-state index is 13.3. The standard InChI is InChI=1S/C15H16Cl2FN3/c16-13-7-11(8-14(17)15(13)18)19-9-10-5-6-21(20-10)12-3-1-2-4-12/h5-8,12,19H,1-4,9H2. The molecule has 0 amide bonds. The zero-order chi connectivity index (χ0) is 14.8. The smallest absolute Gasteiger partial charge is 0.160 e. The van der Waals surface area contributed by atoms with E-state index in [2.05, 4.69) is 15.1 Å². The second-order valence-corrected chi connectivity index (χ2v) is 6.15. The van der Waals surface area contributed by atoms with Gasteiger partial charge in [-0.1, -0.05) is 36.0 Å². The van der Waals surface area contributed by atoms with Crippen molar-refractivity contribution in [3.05, 3.63) is 46.0 Å². The quantitative estimate of drug-likeness (QED) is 0.796. The Labute approximate surface area is 133 Å². The van der Waals surface area contributed by atoms with Crippen LogP contribution in [0.1, 0.15) is 37.4 Å². The summed E-state index contributed by atoms with van der Waals surface area (Å²) in [5.41, 5.74) is 1.63. The summed E-state index contributed by atoms with van der Waals surface area (Å²) >= 11 is 11.5. The van der Waals surface area contributed by atoms with Crippen molar-refractivity contribution in [1.82, 2.24) is 9.78 Å². The Kier molecular flexibility index (Phi) is 4.36. The summed E-state index contributed by atoms with van der Waals surface area (Å²) in [6, 6.07) is 5.58. The van der Waals surface area contributed by atoms with Crippen molar-refractivity contribution in [2.24, 2.45) is 0 Å². The number of nitrogens with zero attached hydrogens (tertiary/aromatic N) is 2. The lowest BCUT2D eigenvalue weighted by Gasteiger charge is -2.09. The summed E-state index contributed by atoms with van der Waals surface area (Å²) in [6.45, 7) is 0.554. The Balaban J connectivity index is 1.65. The number of hydrogen-bond donors (Lipinski definition) is 1. The molecule has 3 nitrogen and oxygen atoms in total. The minimum Gasteiger partial charge on any atom is -0.379 e. The normalized spacial score (nSPS) is 15.6. The van der Waals surface area contributed by atoms with Gasteiger partial charge in [-0.15, -0.1) is 0 Å². The second kappa shape index (κ2) is 6.24. The highest BCUT2D eigenvalue weighted by molar-refractivity contribution is 6.35. The van der Waals surface area contributed by atoms with Gasteiger partial charge in [-0.05, 0) is 31.0 Å². The molecule has 1 fully saturated rings. The van der Waals surface area contributed by atoms with Gasteiger partial charge in [0.1, 0.15) is 0 Å². The van der Waals surface area contributed by atoms with Gasteiger partial charge in [0.25, 0.3) is 0 Å².